The summed E-state index contributed by atoms with van der Waals surface area (Å²) in [6.07, 6.45) is 1.51. The van der Waals surface area contributed by atoms with Gasteiger partial charge in [0, 0.05) is 18.4 Å². The summed E-state index contributed by atoms with van der Waals surface area (Å²) >= 11 is 0. The van der Waals surface area contributed by atoms with E-state index in [0.717, 1.165) is 17.8 Å². The first kappa shape index (κ1) is 14.6. The Kier molecular flexibility index (Phi) is 4.46. The van der Waals surface area contributed by atoms with Gasteiger partial charge < -0.3 is 10.3 Å². The smallest absolute Gasteiger partial charge is 0.263 e. The van der Waals surface area contributed by atoms with Gasteiger partial charge in [-0.05, 0) is 31.2 Å². The number of aryl methyl sites for hydroxylation is 1. The fourth-order valence-electron chi connectivity index (χ4n) is 1.83. The van der Waals surface area contributed by atoms with E-state index in [0.29, 0.717) is 12.2 Å². The molecule has 5 nitrogen and oxygen atoms in total. The molecule has 0 unspecified atom stereocenters. The maximum atomic E-state index is 12.3. The second kappa shape index (κ2) is 6.11. The van der Waals surface area contributed by atoms with Crippen molar-refractivity contribution in [3.63, 3.8) is 0 Å². The Morgan fingerprint density at radius 3 is 2.70 bits per heavy atom. The van der Waals surface area contributed by atoms with Gasteiger partial charge in [0.25, 0.3) is 10.0 Å². The molecule has 0 aliphatic heterocycles. The van der Waals surface area contributed by atoms with Crippen molar-refractivity contribution < 1.29 is 8.42 Å². The number of aromatic amines is 1. The molecule has 0 spiro atoms. The minimum atomic E-state index is -3.55. The lowest BCUT2D eigenvalue weighted by Crippen LogP contribution is -2.13. The van der Waals surface area contributed by atoms with Crippen molar-refractivity contribution >= 4 is 15.7 Å². The summed E-state index contributed by atoms with van der Waals surface area (Å²) in [4.78, 5) is 3.21. The third kappa shape index (κ3) is 3.40. The fraction of sp³-hybridized carbons (Fsp3) is 0.286. The van der Waals surface area contributed by atoms with Crippen LogP contribution in [0.15, 0.2) is 41.4 Å². The third-order valence-corrected chi connectivity index (χ3v) is 4.33. The van der Waals surface area contributed by atoms with Crippen LogP contribution >= 0.6 is 0 Å². The second-order valence-electron chi connectivity index (χ2n) is 4.56. The molecule has 1 heterocycles. The van der Waals surface area contributed by atoms with E-state index in [4.69, 9.17) is 0 Å². The highest BCUT2D eigenvalue weighted by molar-refractivity contribution is 7.92. The minimum Gasteiger partial charge on any atom is -0.363 e. The minimum absolute atomic E-state index is 0.244. The SMILES string of the molecule is CCNCc1cc(S(=O)(=O)Nc2ccccc2C)c[nH]1. The fourth-order valence-corrected chi connectivity index (χ4v) is 2.97. The second-order valence-corrected chi connectivity index (χ2v) is 6.24. The van der Waals surface area contributed by atoms with Crippen LogP contribution in [0, 0.1) is 6.92 Å². The summed E-state index contributed by atoms with van der Waals surface area (Å²) in [6.45, 7) is 5.32. The summed E-state index contributed by atoms with van der Waals surface area (Å²) in [5.74, 6) is 0. The Balaban J connectivity index is 2.18. The molecule has 3 N–H and O–H groups in total. The van der Waals surface area contributed by atoms with Crippen molar-refractivity contribution in [1.82, 2.24) is 10.3 Å². The lowest BCUT2D eigenvalue weighted by Gasteiger charge is -2.08. The van der Waals surface area contributed by atoms with Crippen LogP contribution < -0.4 is 10.0 Å². The highest BCUT2D eigenvalue weighted by atomic mass is 32.2. The van der Waals surface area contributed by atoms with Gasteiger partial charge in [-0.2, -0.15) is 0 Å². The molecule has 20 heavy (non-hydrogen) atoms. The van der Waals surface area contributed by atoms with Crippen LogP contribution in [0.4, 0.5) is 5.69 Å². The average molecular weight is 293 g/mol. The van der Waals surface area contributed by atoms with Gasteiger partial charge >= 0.3 is 0 Å². The van der Waals surface area contributed by atoms with Crippen LogP contribution in [-0.4, -0.2) is 19.9 Å². The normalized spacial score (nSPS) is 11.5. The van der Waals surface area contributed by atoms with E-state index in [1.807, 2.05) is 26.0 Å². The number of rotatable bonds is 6. The van der Waals surface area contributed by atoms with Crippen LogP contribution in [-0.2, 0) is 16.6 Å². The molecule has 0 aliphatic rings. The molecule has 2 rings (SSSR count). The monoisotopic (exact) mass is 293 g/mol. The quantitative estimate of drug-likeness (QED) is 0.764. The van der Waals surface area contributed by atoms with Crippen molar-refractivity contribution in [3.05, 3.63) is 47.8 Å². The number of hydrogen-bond donors (Lipinski definition) is 3. The van der Waals surface area contributed by atoms with Crippen molar-refractivity contribution in [2.45, 2.75) is 25.3 Å². The zero-order chi connectivity index (χ0) is 14.6. The zero-order valence-corrected chi connectivity index (χ0v) is 12.4. The summed E-state index contributed by atoms with van der Waals surface area (Å²) in [6, 6.07) is 8.93. The molecule has 1 aromatic heterocycles. The lowest BCUT2D eigenvalue weighted by atomic mass is 10.2. The molecule has 0 aliphatic carbocycles. The lowest BCUT2D eigenvalue weighted by molar-refractivity contribution is 0.601. The molecule has 108 valence electrons. The molecule has 0 fully saturated rings. The van der Waals surface area contributed by atoms with E-state index in [9.17, 15) is 8.42 Å². The molecule has 0 saturated heterocycles. The summed E-state index contributed by atoms with van der Waals surface area (Å²) < 4.78 is 27.2. The Bertz CT molecular complexity index is 677. The van der Waals surface area contributed by atoms with E-state index in [2.05, 4.69) is 15.0 Å². The zero-order valence-electron chi connectivity index (χ0n) is 11.6. The van der Waals surface area contributed by atoms with Crippen LogP contribution in [0.1, 0.15) is 18.2 Å². The van der Waals surface area contributed by atoms with E-state index >= 15 is 0 Å². The van der Waals surface area contributed by atoms with E-state index in [-0.39, 0.29) is 4.90 Å². The number of nitrogens with one attached hydrogen (secondary N) is 3. The van der Waals surface area contributed by atoms with Crippen LogP contribution in [0.3, 0.4) is 0 Å². The van der Waals surface area contributed by atoms with Gasteiger partial charge in [0.1, 0.15) is 4.90 Å². The number of anilines is 1. The highest BCUT2D eigenvalue weighted by Gasteiger charge is 2.16. The van der Waals surface area contributed by atoms with Crippen molar-refractivity contribution in [1.29, 1.82) is 0 Å². The Labute approximate surface area is 119 Å². The first-order chi connectivity index (χ1) is 9.53. The predicted molar refractivity (Wildman–Crippen MR) is 80.2 cm³/mol. The maximum Gasteiger partial charge on any atom is 0.263 e. The number of para-hydroxylation sites is 1. The summed E-state index contributed by atoms with van der Waals surface area (Å²) in [5.41, 5.74) is 2.33. The van der Waals surface area contributed by atoms with Crippen LogP contribution in [0.2, 0.25) is 0 Å². The highest BCUT2D eigenvalue weighted by Crippen LogP contribution is 2.19. The van der Waals surface area contributed by atoms with E-state index in [1.165, 1.54) is 6.20 Å². The molecule has 0 radical (unpaired) electrons. The molecule has 0 bridgehead atoms. The van der Waals surface area contributed by atoms with Gasteiger partial charge in [0.15, 0.2) is 0 Å². The topological polar surface area (TPSA) is 74.0 Å². The van der Waals surface area contributed by atoms with Crippen molar-refractivity contribution in [2.24, 2.45) is 0 Å². The summed E-state index contributed by atoms with van der Waals surface area (Å²) in [7, 11) is -3.55. The largest absolute Gasteiger partial charge is 0.363 e. The van der Waals surface area contributed by atoms with Gasteiger partial charge in [0.2, 0.25) is 0 Å². The molecular weight excluding hydrogens is 274 g/mol. The first-order valence-corrected chi connectivity index (χ1v) is 7.97. The third-order valence-electron chi connectivity index (χ3n) is 2.98. The molecule has 6 heteroatoms. The predicted octanol–water partition coefficient (Wildman–Crippen LogP) is 2.23. The van der Waals surface area contributed by atoms with Gasteiger partial charge in [-0.1, -0.05) is 25.1 Å². The number of H-pyrrole nitrogens is 1. The van der Waals surface area contributed by atoms with Crippen LogP contribution in [0.25, 0.3) is 0 Å². The molecule has 1 aromatic carbocycles. The summed E-state index contributed by atoms with van der Waals surface area (Å²) in [5, 5.41) is 3.14. The number of hydrogen-bond acceptors (Lipinski definition) is 3. The molecular formula is C14H19N3O2S. The number of benzene rings is 1. The molecule has 0 amide bonds. The number of aromatic nitrogens is 1. The standard InChI is InChI=1S/C14H19N3O2S/c1-3-15-9-12-8-13(10-16-12)20(18,19)17-14-7-5-4-6-11(14)2/h4-8,10,15-17H,3,9H2,1-2H3. The number of sulfonamides is 1. The Morgan fingerprint density at radius 1 is 1.25 bits per heavy atom. The van der Waals surface area contributed by atoms with Crippen LogP contribution in [0.5, 0.6) is 0 Å². The van der Waals surface area contributed by atoms with Crippen molar-refractivity contribution in [3.8, 4) is 0 Å². The van der Waals surface area contributed by atoms with E-state index in [1.54, 1.807) is 18.2 Å². The van der Waals surface area contributed by atoms with Gasteiger partial charge in [-0.15, -0.1) is 0 Å². The van der Waals surface area contributed by atoms with Gasteiger partial charge in [-0.3, -0.25) is 4.72 Å². The molecule has 0 atom stereocenters. The molecule has 2 aromatic rings. The van der Waals surface area contributed by atoms with Gasteiger partial charge in [0.05, 0.1) is 5.69 Å². The molecule has 0 saturated carbocycles. The first-order valence-electron chi connectivity index (χ1n) is 6.49. The maximum absolute atomic E-state index is 12.3. The van der Waals surface area contributed by atoms with E-state index < -0.39 is 10.0 Å². The van der Waals surface area contributed by atoms with Crippen molar-refractivity contribution in [2.75, 3.05) is 11.3 Å². The Hall–Kier alpha value is -1.79. The van der Waals surface area contributed by atoms with Gasteiger partial charge in [-0.25, -0.2) is 8.42 Å². The average Bonchev–Trinajstić information content (AvgIpc) is 2.88. The Morgan fingerprint density at radius 2 is 2.00 bits per heavy atom.